The molecule has 0 heterocycles. The summed E-state index contributed by atoms with van der Waals surface area (Å²) in [6.45, 7) is 9.53. The van der Waals surface area contributed by atoms with Crippen LogP contribution in [0, 0.1) is 0 Å². The summed E-state index contributed by atoms with van der Waals surface area (Å²) in [5.41, 5.74) is 0.735. The predicted octanol–water partition coefficient (Wildman–Crippen LogP) is 0.776. The summed E-state index contributed by atoms with van der Waals surface area (Å²) in [6, 6.07) is 7.35. The molecule has 0 fully saturated rings. The van der Waals surface area contributed by atoms with Gasteiger partial charge in [-0.3, -0.25) is 9.59 Å². The second-order valence-electron chi connectivity index (χ2n) is 6.66. The Morgan fingerprint density at radius 3 is 2.17 bits per heavy atom. The number of benzene rings is 1. The third-order valence-electron chi connectivity index (χ3n) is 3.24. The molecule has 5 nitrogen and oxygen atoms in total. The molecule has 0 bridgehead atoms. The van der Waals surface area contributed by atoms with Crippen LogP contribution in [0.2, 0.25) is 5.02 Å². The van der Waals surface area contributed by atoms with Crippen LogP contribution in [0.1, 0.15) is 33.3 Å². The molecule has 1 aromatic carbocycles. The van der Waals surface area contributed by atoms with E-state index in [1.165, 1.54) is 0 Å². The first-order valence-corrected chi connectivity index (χ1v) is 8.23. The van der Waals surface area contributed by atoms with Crippen molar-refractivity contribution in [1.29, 1.82) is 0 Å². The second-order valence-corrected chi connectivity index (χ2v) is 7.09. The summed E-state index contributed by atoms with van der Waals surface area (Å²) in [5, 5.41) is 6.46. The van der Waals surface area contributed by atoms with Crippen LogP contribution in [-0.4, -0.2) is 37.0 Å². The van der Waals surface area contributed by atoms with E-state index < -0.39 is 0 Å². The Balaban J connectivity index is 2.40. The molecule has 0 aromatic heterocycles. The van der Waals surface area contributed by atoms with Gasteiger partial charge in [0.15, 0.2) is 13.1 Å². The van der Waals surface area contributed by atoms with E-state index in [-0.39, 0.29) is 23.9 Å². The fraction of sp³-hybridized carbons (Fsp3) is 0.529. The lowest BCUT2D eigenvalue weighted by atomic mass is 10.1. The Labute approximate surface area is 143 Å². The first-order chi connectivity index (χ1) is 10.7. The van der Waals surface area contributed by atoms with E-state index in [2.05, 4.69) is 10.6 Å². The van der Waals surface area contributed by atoms with Gasteiger partial charge in [0.2, 0.25) is 0 Å². The van der Waals surface area contributed by atoms with Crippen LogP contribution in [0.25, 0.3) is 0 Å². The van der Waals surface area contributed by atoms with E-state index >= 15 is 0 Å². The number of likely N-dealkylation sites (N-methyl/N-ethyl adjacent to an activating group) is 1. The first kappa shape index (κ1) is 19.5. The molecule has 2 amide bonds. The minimum absolute atomic E-state index is 0.0418. The molecule has 1 atom stereocenters. The van der Waals surface area contributed by atoms with Crippen molar-refractivity contribution in [3.63, 3.8) is 0 Å². The number of nitrogens with one attached hydrogen (secondary N) is 3. The van der Waals surface area contributed by atoms with Gasteiger partial charge in [0.05, 0.1) is 6.54 Å². The maximum absolute atomic E-state index is 12.0. The molecule has 0 saturated carbocycles. The van der Waals surface area contributed by atoms with Crippen molar-refractivity contribution in [2.24, 2.45) is 0 Å². The Bertz CT molecular complexity index is 524. The van der Waals surface area contributed by atoms with Crippen LogP contribution in [0.5, 0.6) is 0 Å². The Morgan fingerprint density at radius 1 is 1.09 bits per heavy atom. The van der Waals surface area contributed by atoms with Crippen LogP contribution in [-0.2, 0) is 16.1 Å². The molecule has 0 spiro atoms. The molecular weight excluding hydrogens is 314 g/mol. The Morgan fingerprint density at radius 2 is 1.65 bits per heavy atom. The third-order valence-corrected chi connectivity index (χ3v) is 3.49. The summed E-state index contributed by atoms with van der Waals surface area (Å²) in [6.07, 6.45) is 0. The van der Waals surface area contributed by atoms with Gasteiger partial charge < -0.3 is 15.5 Å². The normalized spacial score (nSPS) is 12.6. The molecule has 0 aliphatic rings. The molecule has 128 valence electrons. The van der Waals surface area contributed by atoms with E-state index in [9.17, 15) is 9.59 Å². The van der Waals surface area contributed by atoms with Gasteiger partial charge in [0, 0.05) is 17.1 Å². The fourth-order valence-electron chi connectivity index (χ4n) is 2.09. The average molecular weight is 341 g/mol. The van der Waals surface area contributed by atoms with Gasteiger partial charge in [0.25, 0.3) is 11.8 Å². The van der Waals surface area contributed by atoms with Crippen LogP contribution in [0.3, 0.4) is 0 Å². The molecule has 0 radical (unpaired) electrons. The molecule has 1 aromatic rings. The molecule has 0 saturated heterocycles. The average Bonchev–Trinajstić information content (AvgIpc) is 2.44. The smallest absolute Gasteiger partial charge is 0.275 e. The third kappa shape index (κ3) is 8.57. The molecular formula is C17H27ClN3O2+. The number of rotatable bonds is 7. The molecule has 0 aliphatic heterocycles. The number of quaternary nitrogens is 1. The van der Waals surface area contributed by atoms with Crippen LogP contribution in [0.15, 0.2) is 24.3 Å². The Kier molecular flexibility index (Phi) is 7.52. The lowest BCUT2D eigenvalue weighted by Crippen LogP contribution is -3.14. The number of hydrogen-bond acceptors (Lipinski definition) is 2. The zero-order valence-electron chi connectivity index (χ0n) is 14.3. The fourth-order valence-corrected chi connectivity index (χ4v) is 2.22. The summed E-state index contributed by atoms with van der Waals surface area (Å²) in [7, 11) is 0. The van der Waals surface area contributed by atoms with Crippen molar-refractivity contribution in [3.05, 3.63) is 34.9 Å². The zero-order chi connectivity index (χ0) is 17.5. The first-order valence-electron chi connectivity index (χ1n) is 7.85. The molecule has 0 aliphatic carbocycles. The van der Waals surface area contributed by atoms with Crippen LogP contribution < -0.4 is 15.5 Å². The highest BCUT2D eigenvalue weighted by Gasteiger charge is 2.20. The van der Waals surface area contributed by atoms with E-state index in [0.29, 0.717) is 24.7 Å². The van der Waals surface area contributed by atoms with Crippen LogP contribution >= 0.6 is 11.6 Å². The lowest BCUT2D eigenvalue weighted by Gasteiger charge is -2.23. The van der Waals surface area contributed by atoms with Crippen molar-refractivity contribution in [2.75, 3.05) is 19.6 Å². The van der Waals surface area contributed by atoms with E-state index in [1.807, 2.05) is 39.8 Å². The maximum atomic E-state index is 12.0. The largest absolute Gasteiger partial charge is 0.347 e. The van der Waals surface area contributed by atoms with Crippen molar-refractivity contribution >= 4 is 23.4 Å². The molecule has 3 N–H and O–H groups in total. The number of halogens is 1. The van der Waals surface area contributed by atoms with Gasteiger partial charge in [-0.25, -0.2) is 0 Å². The van der Waals surface area contributed by atoms with Crippen molar-refractivity contribution in [2.45, 2.75) is 39.8 Å². The predicted molar refractivity (Wildman–Crippen MR) is 92.4 cm³/mol. The number of carbonyl (C=O) groups is 2. The van der Waals surface area contributed by atoms with Gasteiger partial charge in [-0.2, -0.15) is 0 Å². The molecule has 1 unspecified atom stereocenters. The van der Waals surface area contributed by atoms with Gasteiger partial charge >= 0.3 is 0 Å². The second kappa shape index (κ2) is 8.89. The number of amides is 2. The highest BCUT2D eigenvalue weighted by Crippen LogP contribution is 2.08. The zero-order valence-corrected chi connectivity index (χ0v) is 15.1. The van der Waals surface area contributed by atoms with Gasteiger partial charge in [-0.1, -0.05) is 23.7 Å². The lowest BCUT2D eigenvalue weighted by molar-refractivity contribution is -0.881. The minimum atomic E-state index is -0.257. The minimum Gasteiger partial charge on any atom is -0.347 e. The Hall–Kier alpha value is -1.59. The highest BCUT2D eigenvalue weighted by molar-refractivity contribution is 6.30. The molecule has 1 rings (SSSR count). The van der Waals surface area contributed by atoms with Crippen molar-refractivity contribution in [1.82, 2.24) is 10.6 Å². The quantitative estimate of drug-likeness (QED) is 0.687. The summed E-state index contributed by atoms with van der Waals surface area (Å²) < 4.78 is 0. The number of carbonyl (C=O) groups excluding carboxylic acids is 2. The van der Waals surface area contributed by atoms with Gasteiger partial charge in [-0.15, -0.1) is 0 Å². The topological polar surface area (TPSA) is 62.6 Å². The van der Waals surface area contributed by atoms with E-state index in [4.69, 9.17) is 11.6 Å². The summed E-state index contributed by atoms with van der Waals surface area (Å²) in [5.74, 6) is -0.111. The monoisotopic (exact) mass is 340 g/mol. The van der Waals surface area contributed by atoms with Crippen LogP contribution in [0.4, 0.5) is 0 Å². The van der Waals surface area contributed by atoms with E-state index in [1.54, 1.807) is 12.1 Å². The van der Waals surface area contributed by atoms with Crippen molar-refractivity contribution < 1.29 is 14.5 Å². The standard InChI is InChI=1S/C17H26ClN3O2/c1-5-21(12-16(23)20-17(2,3)4)11-15(22)19-10-13-6-8-14(18)9-7-13/h6-9H,5,10-12H2,1-4H3,(H,19,22)(H,20,23)/p+1. The summed E-state index contributed by atoms with van der Waals surface area (Å²) in [4.78, 5) is 24.9. The van der Waals surface area contributed by atoms with E-state index in [0.717, 1.165) is 10.5 Å². The maximum Gasteiger partial charge on any atom is 0.275 e. The van der Waals surface area contributed by atoms with Crippen molar-refractivity contribution in [3.8, 4) is 0 Å². The summed E-state index contributed by atoms with van der Waals surface area (Å²) >= 11 is 5.83. The molecule has 6 heteroatoms. The van der Waals surface area contributed by atoms with Gasteiger partial charge in [0.1, 0.15) is 0 Å². The van der Waals surface area contributed by atoms with Gasteiger partial charge in [-0.05, 0) is 45.4 Å². The highest BCUT2D eigenvalue weighted by atomic mass is 35.5. The molecule has 23 heavy (non-hydrogen) atoms. The SMILES string of the molecule is CC[NH+](CC(=O)NCc1ccc(Cl)cc1)CC(=O)NC(C)(C)C. The number of hydrogen-bond donors (Lipinski definition) is 3.